The molecule has 112 valence electrons. The zero-order valence-corrected chi connectivity index (χ0v) is 12.2. The van der Waals surface area contributed by atoms with Gasteiger partial charge in [-0.15, -0.1) is 0 Å². The van der Waals surface area contributed by atoms with E-state index in [4.69, 9.17) is 9.47 Å². The second-order valence-electron chi connectivity index (χ2n) is 4.24. The highest BCUT2D eigenvalue weighted by molar-refractivity contribution is 5.65. The molecule has 21 heavy (non-hydrogen) atoms. The first kappa shape index (κ1) is 15.0. The summed E-state index contributed by atoms with van der Waals surface area (Å²) in [5.74, 6) is 0.751. The Morgan fingerprint density at radius 1 is 1.14 bits per heavy atom. The molecule has 0 atom stereocenters. The van der Waals surface area contributed by atoms with Gasteiger partial charge in [0.25, 0.3) is 0 Å². The van der Waals surface area contributed by atoms with E-state index in [1.807, 2.05) is 6.92 Å². The third kappa shape index (κ3) is 3.56. The number of nitrogens with one attached hydrogen (secondary N) is 1. The van der Waals surface area contributed by atoms with E-state index in [1.165, 1.54) is 32.4 Å². The van der Waals surface area contributed by atoms with Crippen LogP contribution in [0.2, 0.25) is 0 Å². The van der Waals surface area contributed by atoms with Crippen LogP contribution in [0.1, 0.15) is 13.3 Å². The van der Waals surface area contributed by atoms with Gasteiger partial charge < -0.3 is 14.8 Å². The second-order valence-corrected chi connectivity index (χ2v) is 4.24. The Kier molecular flexibility index (Phi) is 4.86. The molecule has 1 aromatic heterocycles. The summed E-state index contributed by atoms with van der Waals surface area (Å²) < 4.78 is 23.8. The van der Waals surface area contributed by atoms with Crippen LogP contribution in [-0.4, -0.2) is 35.7 Å². The Hall–Kier alpha value is -2.44. The minimum atomic E-state index is -0.395. The van der Waals surface area contributed by atoms with Crippen molar-refractivity contribution in [3.05, 3.63) is 24.0 Å². The Labute approximate surface area is 122 Å². The lowest BCUT2D eigenvalue weighted by Crippen LogP contribution is -2.08. The molecule has 0 unspecified atom stereocenters. The average molecular weight is 292 g/mol. The van der Waals surface area contributed by atoms with Gasteiger partial charge in [-0.3, -0.25) is 0 Å². The van der Waals surface area contributed by atoms with Crippen LogP contribution in [-0.2, 0) is 0 Å². The quantitative estimate of drug-likeness (QED) is 0.882. The molecule has 1 heterocycles. The Bertz CT molecular complexity index is 622. The van der Waals surface area contributed by atoms with E-state index >= 15 is 0 Å². The Balaban J connectivity index is 2.49. The molecule has 0 radical (unpaired) electrons. The standard InChI is InChI=1S/C14H17FN4O2/c1-4-7-16-13-17-12(18-14(19-13)21-3)10-8-9(15)5-6-11(10)20-2/h5-6,8H,4,7H2,1-3H3,(H,16,17,18,19). The van der Waals surface area contributed by atoms with E-state index in [0.717, 1.165) is 6.42 Å². The van der Waals surface area contributed by atoms with Gasteiger partial charge in [-0.1, -0.05) is 6.92 Å². The molecule has 1 N–H and O–H groups in total. The number of rotatable bonds is 6. The number of hydrogen-bond acceptors (Lipinski definition) is 6. The number of aromatic nitrogens is 3. The van der Waals surface area contributed by atoms with E-state index in [-0.39, 0.29) is 11.8 Å². The smallest absolute Gasteiger partial charge is 0.321 e. The summed E-state index contributed by atoms with van der Waals surface area (Å²) in [6.07, 6.45) is 0.923. The number of methoxy groups -OCH3 is 2. The fourth-order valence-electron chi connectivity index (χ4n) is 1.74. The largest absolute Gasteiger partial charge is 0.496 e. The number of benzene rings is 1. The van der Waals surface area contributed by atoms with Crippen LogP contribution in [0.3, 0.4) is 0 Å². The zero-order chi connectivity index (χ0) is 15.2. The van der Waals surface area contributed by atoms with E-state index in [9.17, 15) is 4.39 Å². The molecule has 1 aromatic carbocycles. The SMILES string of the molecule is CCCNc1nc(OC)nc(-c2cc(F)ccc2OC)n1. The lowest BCUT2D eigenvalue weighted by molar-refractivity contribution is 0.379. The normalized spacial score (nSPS) is 10.3. The van der Waals surface area contributed by atoms with Crippen LogP contribution in [0, 0.1) is 5.82 Å². The summed E-state index contributed by atoms with van der Waals surface area (Å²) in [6.45, 7) is 2.74. The highest BCUT2D eigenvalue weighted by Gasteiger charge is 2.14. The maximum atomic E-state index is 13.5. The molecule has 0 aliphatic carbocycles. The van der Waals surface area contributed by atoms with Gasteiger partial charge in [0.15, 0.2) is 5.82 Å². The zero-order valence-electron chi connectivity index (χ0n) is 12.2. The lowest BCUT2D eigenvalue weighted by Gasteiger charge is -2.10. The Morgan fingerprint density at radius 2 is 1.95 bits per heavy atom. The summed E-state index contributed by atoms with van der Waals surface area (Å²) in [7, 11) is 2.97. The van der Waals surface area contributed by atoms with Gasteiger partial charge in [0, 0.05) is 6.54 Å². The van der Waals surface area contributed by atoms with Crippen LogP contribution < -0.4 is 14.8 Å². The molecule has 0 spiro atoms. The molecule has 2 aromatic rings. The van der Waals surface area contributed by atoms with Crippen molar-refractivity contribution in [1.82, 2.24) is 15.0 Å². The lowest BCUT2D eigenvalue weighted by atomic mass is 10.2. The number of anilines is 1. The highest BCUT2D eigenvalue weighted by atomic mass is 19.1. The van der Waals surface area contributed by atoms with Crippen molar-refractivity contribution in [3.63, 3.8) is 0 Å². The van der Waals surface area contributed by atoms with E-state index < -0.39 is 5.82 Å². The van der Waals surface area contributed by atoms with Crippen LogP contribution in [0.5, 0.6) is 11.8 Å². The summed E-state index contributed by atoms with van der Waals surface area (Å²) in [4.78, 5) is 12.5. The number of halogens is 1. The third-order valence-electron chi connectivity index (χ3n) is 2.73. The maximum Gasteiger partial charge on any atom is 0.321 e. The van der Waals surface area contributed by atoms with Crippen molar-refractivity contribution in [2.45, 2.75) is 13.3 Å². The van der Waals surface area contributed by atoms with Crippen LogP contribution in [0.25, 0.3) is 11.4 Å². The molecule has 0 bridgehead atoms. The van der Waals surface area contributed by atoms with Crippen LogP contribution in [0.4, 0.5) is 10.3 Å². The van der Waals surface area contributed by atoms with Crippen molar-refractivity contribution in [3.8, 4) is 23.1 Å². The minimum absolute atomic E-state index is 0.157. The maximum absolute atomic E-state index is 13.5. The predicted molar refractivity (Wildman–Crippen MR) is 77.1 cm³/mol. The topological polar surface area (TPSA) is 69.2 Å². The van der Waals surface area contributed by atoms with Gasteiger partial charge in [0.2, 0.25) is 5.95 Å². The van der Waals surface area contributed by atoms with Crippen molar-refractivity contribution in [1.29, 1.82) is 0 Å². The molecule has 0 aliphatic rings. The van der Waals surface area contributed by atoms with Gasteiger partial charge in [-0.05, 0) is 24.6 Å². The highest BCUT2D eigenvalue weighted by Crippen LogP contribution is 2.29. The van der Waals surface area contributed by atoms with Crippen LogP contribution >= 0.6 is 0 Å². The fourth-order valence-corrected chi connectivity index (χ4v) is 1.74. The first-order valence-corrected chi connectivity index (χ1v) is 6.55. The van der Waals surface area contributed by atoms with Crippen molar-refractivity contribution in [2.75, 3.05) is 26.1 Å². The van der Waals surface area contributed by atoms with Gasteiger partial charge in [0.1, 0.15) is 11.6 Å². The summed E-state index contributed by atoms with van der Waals surface area (Å²) in [6, 6.07) is 4.32. The monoisotopic (exact) mass is 292 g/mol. The molecule has 0 fully saturated rings. The van der Waals surface area contributed by atoms with Crippen molar-refractivity contribution < 1.29 is 13.9 Å². The Morgan fingerprint density at radius 3 is 2.62 bits per heavy atom. The number of ether oxygens (including phenoxy) is 2. The van der Waals surface area contributed by atoms with Crippen molar-refractivity contribution in [2.24, 2.45) is 0 Å². The third-order valence-corrected chi connectivity index (χ3v) is 2.73. The molecule has 0 saturated heterocycles. The summed E-state index contributed by atoms with van der Waals surface area (Å²) in [5, 5.41) is 3.05. The molecule has 6 nitrogen and oxygen atoms in total. The molecule has 0 amide bonds. The molecular weight excluding hydrogens is 275 g/mol. The van der Waals surface area contributed by atoms with Gasteiger partial charge in [-0.2, -0.15) is 15.0 Å². The summed E-state index contributed by atoms with van der Waals surface area (Å²) in [5.41, 5.74) is 0.442. The van der Waals surface area contributed by atoms with Gasteiger partial charge >= 0.3 is 6.01 Å². The second kappa shape index (κ2) is 6.83. The predicted octanol–water partition coefficient (Wildman–Crippen LogP) is 2.52. The minimum Gasteiger partial charge on any atom is -0.496 e. The molecule has 2 rings (SSSR count). The number of hydrogen-bond donors (Lipinski definition) is 1. The van der Waals surface area contributed by atoms with Gasteiger partial charge in [-0.25, -0.2) is 4.39 Å². The van der Waals surface area contributed by atoms with Crippen molar-refractivity contribution >= 4 is 5.95 Å². The van der Waals surface area contributed by atoms with E-state index in [2.05, 4.69) is 20.3 Å². The fraction of sp³-hybridized carbons (Fsp3) is 0.357. The first-order chi connectivity index (χ1) is 10.2. The number of nitrogens with zero attached hydrogens (tertiary/aromatic N) is 3. The van der Waals surface area contributed by atoms with E-state index in [0.29, 0.717) is 23.8 Å². The van der Waals surface area contributed by atoms with Gasteiger partial charge in [0.05, 0.1) is 19.8 Å². The molecular formula is C14H17FN4O2. The molecule has 0 aliphatic heterocycles. The first-order valence-electron chi connectivity index (χ1n) is 6.55. The van der Waals surface area contributed by atoms with E-state index in [1.54, 1.807) is 0 Å². The summed E-state index contributed by atoms with van der Waals surface area (Å²) >= 11 is 0. The average Bonchev–Trinajstić information content (AvgIpc) is 2.52. The molecule has 7 heteroatoms. The van der Waals surface area contributed by atoms with Crippen LogP contribution in [0.15, 0.2) is 18.2 Å². The molecule has 0 saturated carbocycles.